The molecule has 0 rings (SSSR count). The van der Waals surface area contributed by atoms with E-state index in [1.165, 1.54) is 13.8 Å². The molecule has 0 fully saturated rings. The average Bonchev–Trinajstić information content (AvgIpc) is 2.03. The van der Waals surface area contributed by atoms with Crippen molar-refractivity contribution >= 4 is 40.9 Å². The van der Waals surface area contributed by atoms with Crippen LogP contribution in [-0.4, -0.2) is 28.9 Å². The zero-order valence-corrected chi connectivity index (χ0v) is 9.22. The van der Waals surface area contributed by atoms with Crippen LogP contribution in [-0.2, 0) is 9.47 Å². The first-order chi connectivity index (χ1) is 6.60. The van der Waals surface area contributed by atoms with Crippen LogP contribution in [0.5, 0.6) is 0 Å². The maximum atomic E-state index is 10.9. The molecule has 0 N–H and O–H groups in total. The summed E-state index contributed by atoms with van der Waals surface area (Å²) in [5.41, 5.74) is 0. The number of ether oxygens (including phenoxy) is 2. The monoisotopic (exact) mass is 232 g/mol. The molecular formula is C7H8N2O3S2. The normalized spacial score (nSPS) is 12.7. The molecular weight excluding hydrogens is 224 g/mol. The minimum absolute atomic E-state index is 0.719. The molecule has 0 aliphatic carbocycles. The van der Waals surface area contributed by atoms with E-state index in [4.69, 9.17) is 0 Å². The van der Waals surface area contributed by atoms with Gasteiger partial charge < -0.3 is 9.47 Å². The van der Waals surface area contributed by atoms with Gasteiger partial charge in [0.05, 0.1) is 10.3 Å². The third kappa shape index (κ3) is 6.39. The van der Waals surface area contributed by atoms with Gasteiger partial charge in [-0.3, -0.25) is 0 Å². The molecule has 7 heteroatoms. The van der Waals surface area contributed by atoms with Crippen molar-refractivity contribution in [1.29, 1.82) is 0 Å². The number of rotatable bonds is 4. The Morgan fingerprint density at radius 2 is 1.50 bits per heavy atom. The van der Waals surface area contributed by atoms with Gasteiger partial charge in [0.2, 0.25) is 12.5 Å². The number of hydrogen-bond acceptors (Lipinski definition) is 7. The van der Waals surface area contributed by atoms with Crippen LogP contribution >= 0.6 is 24.4 Å². The van der Waals surface area contributed by atoms with Gasteiger partial charge in [0.15, 0.2) is 0 Å². The smallest absolute Gasteiger partial charge is 0.408 e. The summed E-state index contributed by atoms with van der Waals surface area (Å²) in [5.74, 6) is 0. The number of nitrogens with zero attached hydrogens (tertiary/aromatic N) is 2. The molecule has 14 heavy (non-hydrogen) atoms. The first-order valence-corrected chi connectivity index (χ1v) is 4.43. The van der Waals surface area contributed by atoms with Gasteiger partial charge in [0, 0.05) is 0 Å². The Balaban J connectivity index is 3.97. The Labute approximate surface area is 91.8 Å². The fourth-order valence-electron chi connectivity index (χ4n) is 0.507. The van der Waals surface area contributed by atoms with E-state index in [0.717, 1.165) is 0 Å². The highest BCUT2D eigenvalue weighted by molar-refractivity contribution is 7.78. The molecule has 0 bridgehead atoms. The molecule has 0 aromatic carbocycles. The number of hydrogen-bond donors (Lipinski definition) is 0. The summed E-state index contributed by atoms with van der Waals surface area (Å²) in [4.78, 5) is 17.9. The first-order valence-electron chi connectivity index (χ1n) is 3.61. The van der Waals surface area contributed by atoms with Crippen LogP contribution in [0.25, 0.3) is 0 Å². The summed E-state index contributed by atoms with van der Waals surface area (Å²) < 4.78 is 9.26. The summed E-state index contributed by atoms with van der Waals surface area (Å²) >= 11 is 8.64. The predicted octanol–water partition coefficient (Wildman–Crippen LogP) is 2.04. The lowest BCUT2D eigenvalue weighted by Gasteiger charge is -2.09. The molecule has 0 spiro atoms. The number of aliphatic imine (C=N–C) groups is 2. The van der Waals surface area contributed by atoms with Crippen molar-refractivity contribution in [2.24, 2.45) is 9.98 Å². The van der Waals surface area contributed by atoms with Crippen molar-refractivity contribution < 1.29 is 14.3 Å². The van der Waals surface area contributed by atoms with Crippen molar-refractivity contribution in [3.63, 3.8) is 0 Å². The van der Waals surface area contributed by atoms with E-state index in [1.807, 2.05) is 0 Å². The van der Waals surface area contributed by atoms with Crippen LogP contribution in [0.15, 0.2) is 9.98 Å². The SMILES string of the molecule is CC(N=C=S)OC(=O)OC(C)N=C=S. The van der Waals surface area contributed by atoms with Gasteiger partial charge in [0.25, 0.3) is 0 Å². The van der Waals surface area contributed by atoms with Crippen LogP contribution in [0.3, 0.4) is 0 Å². The lowest BCUT2D eigenvalue weighted by Crippen LogP contribution is -2.18. The Bertz CT molecular complexity index is 267. The van der Waals surface area contributed by atoms with Crippen molar-refractivity contribution in [3.8, 4) is 0 Å². The molecule has 0 aromatic rings. The summed E-state index contributed by atoms with van der Waals surface area (Å²) in [7, 11) is 0. The molecule has 0 radical (unpaired) electrons. The van der Waals surface area contributed by atoms with E-state index in [2.05, 4.69) is 54.2 Å². The molecule has 2 unspecified atom stereocenters. The second-order valence-corrected chi connectivity index (χ2v) is 2.49. The molecule has 2 atom stereocenters. The van der Waals surface area contributed by atoms with Crippen LogP contribution in [0.1, 0.15) is 13.8 Å². The largest absolute Gasteiger partial charge is 0.512 e. The fraction of sp³-hybridized carbons (Fsp3) is 0.571. The third-order valence-corrected chi connectivity index (χ3v) is 1.21. The fourth-order valence-corrected chi connectivity index (χ4v) is 0.804. The molecule has 76 valence electrons. The summed E-state index contributed by atoms with van der Waals surface area (Å²) in [6, 6.07) is 0. The van der Waals surface area contributed by atoms with Gasteiger partial charge in [-0.1, -0.05) is 0 Å². The topological polar surface area (TPSA) is 60.2 Å². The molecule has 0 saturated carbocycles. The maximum Gasteiger partial charge on any atom is 0.512 e. The minimum atomic E-state index is -0.895. The molecule has 0 aliphatic rings. The lowest BCUT2D eigenvalue weighted by molar-refractivity contribution is 0.0126. The molecule has 0 amide bonds. The van der Waals surface area contributed by atoms with E-state index < -0.39 is 18.6 Å². The Kier molecular flexibility index (Phi) is 6.70. The standard InChI is InChI=1S/C7H8N2O3S2/c1-5(8-3-13)11-7(10)12-6(2)9-4-14/h5-6H,1-2H3. The first kappa shape index (κ1) is 12.9. The van der Waals surface area contributed by atoms with Crippen molar-refractivity contribution in [3.05, 3.63) is 0 Å². The number of isothiocyanates is 2. The van der Waals surface area contributed by atoms with E-state index in [0.29, 0.717) is 0 Å². The van der Waals surface area contributed by atoms with Crippen LogP contribution in [0, 0.1) is 0 Å². The third-order valence-electron chi connectivity index (χ3n) is 1.00. The van der Waals surface area contributed by atoms with Gasteiger partial charge in [-0.25, -0.2) is 4.79 Å². The minimum Gasteiger partial charge on any atom is -0.408 e. The Morgan fingerprint density at radius 1 is 1.14 bits per heavy atom. The molecule has 5 nitrogen and oxygen atoms in total. The zero-order chi connectivity index (χ0) is 11.0. The van der Waals surface area contributed by atoms with Crippen LogP contribution in [0.4, 0.5) is 4.79 Å². The number of carbonyl (C=O) groups is 1. The zero-order valence-electron chi connectivity index (χ0n) is 7.59. The van der Waals surface area contributed by atoms with Gasteiger partial charge in [-0.05, 0) is 38.3 Å². The van der Waals surface area contributed by atoms with E-state index in [-0.39, 0.29) is 0 Å². The number of carbonyl (C=O) groups excluding carboxylic acids is 1. The molecule has 0 heterocycles. The van der Waals surface area contributed by atoms with Crippen molar-refractivity contribution in [2.75, 3.05) is 0 Å². The summed E-state index contributed by atoms with van der Waals surface area (Å²) in [6.45, 7) is 3.04. The van der Waals surface area contributed by atoms with Gasteiger partial charge in [0.1, 0.15) is 0 Å². The average molecular weight is 232 g/mol. The molecule has 0 aliphatic heterocycles. The lowest BCUT2D eigenvalue weighted by atomic mass is 10.7. The maximum absolute atomic E-state index is 10.9. The van der Waals surface area contributed by atoms with E-state index in [1.54, 1.807) is 0 Å². The highest BCUT2D eigenvalue weighted by Crippen LogP contribution is 1.99. The quantitative estimate of drug-likeness (QED) is 0.421. The van der Waals surface area contributed by atoms with Crippen LogP contribution in [0.2, 0.25) is 0 Å². The Morgan fingerprint density at radius 3 is 1.79 bits per heavy atom. The molecule has 0 saturated heterocycles. The predicted molar refractivity (Wildman–Crippen MR) is 56.5 cm³/mol. The van der Waals surface area contributed by atoms with Crippen molar-refractivity contribution in [2.45, 2.75) is 26.3 Å². The summed E-state index contributed by atoms with van der Waals surface area (Å²) in [5, 5.41) is 4.15. The second kappa shape index (κ2) is 7.29. The van der Waals surface area contributed by atoms with Gasteiger partial charge in [-0.2, -0.15) is 9.98 Å². The highest BCUT2D eigenvalue weighted by atomic mass is 32.1. The second-order valence-electron chi connectivity index (χ2n) is 2.13. The van der Waals surface area contributed by atoms with Crippen molar-refractivity contribution in [1.82, 2.24) is 0 Å². The molecule has 0 aromatic heterocycles. The van der Waals surface area contributed by atoms with Crippen LogP contribution < -0.4 is 0 Å². The van der Waals surface area contributed by atoms with E-state index in [9.17, 15) is 4.79 Å². The highest BCUT2D eigenvalue weighted by Gasteiger charge is 2.11. The van der Waals surface area contributed by atoms with Gasteiger partial charge >= 0.3 is 6.16 Å². The summed E-state index contributed by atoms with van der Waals surface area (Å²) in [6.07, 6.45) is -2.33. The number of thiocarbonyl (C=S) groups is 2. The van der Waals surface area contributed by atoms with E-state index >= 15 is 0 Å². The van der Waals surface area contributed by atoms with Gasteiger partial charge in [-0.15, -0.1) is 0 Å². The Hall–Kier alpha value is -1.13.